The van der Waals surface area contributed by atoms with Crippen LogP contribution in [-0.4, -0.2) is 28.9 Å². The van der Waals surface area contributed by atoms with Gasteiger partial charge in [0.1, 0.15) is 11.9 Å². The summed E-state index contributed by atoms with van der Waals surface area (Å²) in [4.78, 5) is 12.9. The molecule has 1 aliphatic rings. The smallest absolute Gasteiger partial charge is 0.235 e. The highest BCUT2D eigenvalue weighted by Crippen LogP contribution is 2.29. The van der Waals surface area contributed by atoms with E-state index in [9.17, 15) is 18.8 Å². The van der Waals surface area contributed by atoms with Crippen molar-refractivity contribution in [3.63, 3.8) is 0 Å². The number of amides is 1. The molecule has 3 rings (SSSR count). The average Bonchev–Trinajstić information content (AvgIpc) is 3.26. The number of hydrogen-bond acceptors (Lipinski definition) is 4. The summed E-state index contributed by atoms with van der Waals surface area (Å²) >= 11 is 1.10. The van der Waals surface area contributed by atoms with Crippen LogP contribution in [0.2, 0.25) is 0 Å². The number of hydrogen-bond donors (Lipinski definition) is 1. The molecular weight excluding hydrogens is 384 g/mol. The fourth-order valence-electron chi connectivity index (χ4n) is 3.23. The van der Waals surface area contributed by atoms with E-state index < -0.39 is 11.6 Å². The van der Waals surface area contributed by atoms with Crippen LogP contribution in [-0.2, 0) is 16.1 Å². The highest BCUT2D eigenvalue weighted by atomic mass is 32.2. The SMILES string of the molecule is Cc1c(C#N)c(NC(=O)CSc2ccc(F)c(F)c2)n(C[C@@H]2CCCO2)c1C. The molecule has 148 valence electrons. The van der Waals surface area contributed by atoms with Gasteiger partial charge < -0.3 is 14.6 Å². The van der Waals surface area contributed by atoms with E-state index in [4.69, 9.17) is 4.74 Å². The summed E-state index contributed by atoms with van der Waals surface area (Å²) in [5, 5.41) is 12.4. The number of nitrogens with one attached hydrogen (secondary N) is 1. The van der Waals surface area contributed by atoms with E-state index >= 15 is 0 Å². The molecule has 0 bridgehead atoms. The van der Waals surface area contributed by atoms with Crippen LogP contribution < -0.4 is 5.32 Å². The lowest BCUT2D eigenvalue weighted by molar-refractivity contribution is -0.113. The largest absolute Gasteiger partial charge is 0.376 e. The molecule has 28 heavy (non-hydrogen) atoms. The van der Waals surface area contributed by atoms with Crippen molar-refractivity contribution in [3.8, 4) is 6.07 Å². The van der Waals surface area contributed by atoms with Crippen molar-refractivity contribution in [2.24, 2.45) is 0 Å². The monoisotopic (exact) mass is 405 g/mol. The lowest BCUT2D eigenvalue weighted by Crippen LogP contribution is -2.22. The van der Waals surface area contributed by atoms with E-state index in [0.717, 1.165) is 54.6 Å². The molecule has 1 aliphatic heterocycles. The van der Waals surface area contributed by atoms with Crippen LogP contribution in [0.15, 0.2) is 23.1 Å². The molecule has 1 aromatic carbocycles. The maximum atomic E-state index is 13.3. The molecule has 0 aliphatic carbocycles. The second-order valence-corrected chi connectivity index (χ2v) is 7.75. The Morgan fingerprint density at radius 3 is 2.82 bits per heavy atom. The first-order chi connectivity index (χ1) is 13.4. The lowest BCUT2D eigenvalue weighted by atomic mass is 10.2. The summed E-state index contributed by atoms with van der Waals surface area (Å²) in [6.07, 6.45) is 2.00. The summed E-state index contributed by atoms with van der Waals surface area (Å²) in [7, 11) is 0. The van der Waals surface area contributed by atoms with Gasteiger partial charge in [-0.15, -0.1) is 11.8 Å². The van der Waals surface area contributed by atoms with E-state index in [1.165, 1.54) is 6.07 Å². The summed E-state index contributed by atoms with van der Waals surface area (Å²) in [5.74, 6) is -1.72. The van der Waals surface area contributed by atoms with Gasteiger partial charge >= 0.3 is 0 Å². The first-order valence-electron chi connectivity index (χ1n) is 8.99. The zero-order chi connectivity index (χ0) is 20.3. The van der Waals surface area contributed by atoms with Gasteiger partial charge in [-0.25, -0.2) is 8.78 Å². The third-order valence-electron chi connectivity index (χ3n) is 4.87. The minimum absolute atomic E-state index is 0.0130. The van der Waals surface area contributed by atoms with Crippen LogP contribution in [0.3, 0.4) is 0 Å². The van der Waals surface area contributed by atoms with Crippen molar-refractivity contribution in [2.45, 2.75) is 44.2 Å². The summed E-state index contributed by atoms with van der Waals surface area (Å²) < 4.78 is 33.9. The number of nitrogens with zero attached hydrogens (tertiary/aromatic N) is 2. The van der Waals surface area contributed by atoms with Crippen molar-refractivity contribution in [1.82, 2.24) is 4.57 Å². The first-order valence-corrected chi connectivity index (χ1v) is 9.98. The molecule has 1 aromatic heterocycles. The Morgan fingerprint density at radius 2 is 2.18 bits per heavy atom. The normalized spacial score (nSPS) is 16.2. The number of carbonyl (C=O) groups is 1. The van der Waals surface area contributed by atoms with Gasteiger partial charge in [-0.1, -0.05) is 0 Å². The standard InChI is InChI=1S/C20H21F2N3O2S/c1-12-13(2)25(10-14-4-3-7-27-14)20(16(12)9-23)24-19(26)11-28-15-5-6-17(21)18(22)8-15/h5-6,8,14H,3-4,7,10-11H2,1-2H3,(H,24,26)/t14-/m0/s1. The van der Waals surface area contributed by atoms with Crippen LogP contribution >= 0.6 is 11.8 Å². The van der Waals surface area contributed by atoms with Gasteiger partial charge in [0.15, 0.2) is 11.6 Å². The van der Waals surface area contributed by atoms with Gasteiger partial charge in [-0.3, -0.25) is 4.79 Å². The van der Waals surface area contributed by atoms with E-state index in [1.54, 1.807) is 0 Å². The average molecular weight is 405 g/mol. The molecule has 0 saturated carbocycles. The molecule has 1 N–H and O–H groups in total. The second kappa shape index (κ2) is 8.76. The maximum absolute atomic E-state index is 13.3. The summed E-state index contributed by atoms with van der Waals surface area (Å²) in [5.41, 5.74) is 2.17. The number of aromatic nitrogens is 1. The number of ether oxygens (including phenoxy) is 1. The van der Waals surface area contributed by atoms with Gasteiger partial charge in [0, 0.05) is 17.2 Å². The molecular formula is C20H21F2N3O2S. The number of benzene rings is 1. The third-order valence-corrected chi connectivity index (χ3v) is 5.86. The molecule has 2 aromatic rings. The number of nitriles is 1. The van der Waals surface area contributed by atoms with E-state index in [0.29, 0.717) is 22.8 Å². The van der Waals surface area contributed by atoms with Gasteiger partial charge in [-0.2, -0.15) is 5.26 Å². The Balaban J connectivity index is 1.74. The zero-order valence-electron chi connectivity index (χ0n) is 15.7. The van der Waals surface area contributed by atoms with Crippen molar-refractivity contribution in [3.05, 3.63) is 46.7 Å². The summed E-state index contributed by atoms with van der Waals surface area (Å²) in [6, 6.07) is 5.68. The molecule has 1 fully saturated rings. The lowest BCUT2D eigenvalue weighted by Gasteiger charge is -2.16. The Morgan fingerprint density at radius 1 is 1.39 bits per heavy atom. The second-order valence-electron chi connectivity index (χ2n) is 6.70. The predicted octanol–water partition coefficient (Wildman–Crippen LogP) is 4.16. The van der Waals surface area contributed by atoms with E-state index in [1.807, 2.05) is 18.4 Å². The fourth-order valence-corrected chi connectivity index (χ4v) is 3.96. The highest BCUT2D eigenvalue weighted by Gasteiger charge is 2.24. The van der Waals surface area contributed by atoms with Gasteiger partial charge in [0.05, 0.1) is 24.0 Å². The van der Waals surface area contributed by atoms with Crippen LogP contribution in [0, 0.1) is 36.8 Å². The van der Waals surface area contributed by atoms with Crippen LogP contribution in [0.25, 0.3) is 0 Å². The molecule has 8 heteroatoms. The minimum Gasteiger partial charge on any atom is -0.376 e. The number of rotatable bonds is 6. The Hall–Kier alpha value is -2.37. The molecule has 1 atom stereocenters. The Labute approximate surface area is 166 Å². The first kappa shape index (κ1) is 20.4. The molecule has 0 radical (unpaired) electrons. The van der Waals surface area contributed by atoms with Crippen LogP contribution in [0.4, 0.5) is 14.6 Å². The number of anilines is 1. The molecule has 0 unspecified atom stereocenters. The van der Waals surface area contributed by atoms with Crippen molar-refractivity contribution in [2.75, 3.05) is 17.7 Å². The highest BCUT2D eigenvalue weighted by molar-refractivity contribution is 8.00. The third kappa shape index (κ3) is 4.37. The zero-order valence-corrected chi connectivity index (χ0v) is 16.5. The number of carbonyl (C=O) groups excluding carboxylic acids is 1. The van der Waals surface area contributed by atoms with Crippen molar-refractivity contribution in [1.29, 1.82) is 5.26 Å². The van der Waals surface area contributed by atoms with E-state index in [-0.39, 0.29) is 17.8 Å². The van der Waals surface area contributed by atoms with Crippen molar-refractivity contribution < 1.29 is 18.3 Å². The minimum atomic E-state index is -0.950. The van der Waals surface area contributed by atoms with Gasteiger partial charge in [-0.05, 0) is 50.5 Å². The molecule has 1 saturated heterocycles. The molecule has 5 nitrogen and oxygen atoms in total. The van der Waals surface area contributed by atoms with E-state index in [2.05, 4.69) is 11.4 Å². The Kier molecular flexibility index (Phi) is 6.37. The fraction of sp³-hybridized carbons (Fsp3) is 0.400. The molecule has 0 spiro atoms. The van der Waals surface area contributed by atoms with Gasteiger partial charge in [0.2, 0.25) is 5.91 Å². The van der Waals surface area contributed by atoms with Gasteiger partial charge in [0.25, 0.3) is 0 Å². The quantitative estimate of drug-likeness (QED) is 0.733. The topological polar surface area (TPSA) is 67.0 Å². The number of halogens is 2. The molecule has 2 heterocycles. The maximum Gasteiger partial charge on any atom is 0.235 e. The number of thioether (sulfide) groups is 1. The summed E-state index contributed by atoms with van der Waals surface area (Å²) in [6.45, 7) is 5.06. The Bertz CT molecular complexity index is 931. The predicted molar refractivity (Wildman–Crippen MR) is 103 cm³/mol. The van der Waals surface area contributed by atoms with Crippen LogP contribution in [0.1, 0.15) is 29.7 Å². The van der Waals surface area contributed by atoms with Crippen molar-refractivity contribution >= 4 is 23.5 Å². The van der Waals surface area contributed by atoms with Crippen LogP contribution in [0.5, 0.6) is 0 Å². The molecule has 1 amide bonds.